The third-order valence-corrected chi connectivity index (χ3v) is 1.89. The van der Waals surface area contributed by atoms with Gasteiger partial charge in [0.05, 0.1) is 0 Å². The first-order valence-electron chi connectivity index (χ1n) is 4.30. The monoisotopic (exact) mass is 204 g/mol. The van der Waals surface area contributed by atoms with Crippen molar-refractivity contribution in [2.24, 2.45) is 0 Å². The fraction of sp³-hybridized carbons (Fsp3) is 0.100. The SMILES string of the molecule is Cc1ccc(-c2cc(C(=O)O)no2)nc1. The topological polar surface area (TPSA) is 76.2 Å². The van der Waals surface area contributed by atoms with Crippen LogP contribution in [-0.4, -0.2) is 21.2 Å². The van der Waals surface area contributed by atoms with E-state index in [9.17, 15) is 4.79 Å². The lowest BCUT2D eigenvalue weighted by molar-refractivity contribution is 0.0686. The summed E-state index contributed by atoms with van der Waals surface area (Å²) in [6, 6.07) is 4.97. The molecule has 2 rings (SSSR count). The van der Waals surface area contributed by atoms with Crippen molar-refractivity contribution in [2.75, 3.05) is 0 Å². The van der Waals surface area contributed by atoms with E-state index in [1.165, 1.54) is 6.07 Å². The van der Waals surface area contributed by atoms with E-state index in [0.717, 1.165) is 5.56 Å². The maximum absolute atomic E-state index is 10.6. The maximum atomic E-state index is 10.6. The summed E-state index contributed by atoms with van der Waals surface area (Å²) in [4.78, 5) is 14.7. The number of carboxylic acids is 1. The van der Waals surface area contributed by atoms with Crippen molar-refractivity contribution < 1.29 is 14.4 Å². The molecule has 1 N–H and O–H groups in total. The minimum Gasteiger partial charge on any atom is -0.476 e. The molecule has 0 aromatic carbocycles. The van der Waals surface area contributed by atoms with Gasteiger partial charge >= 0.3 is 5.97 Å². The number of carboxylic acid groups (broad SMARTS) is 1. The van der Waals surface area contributed by atoms with Crippen LogP contribution in [0.1, 0.15) is 16.1 Å². The molecule has 0 aliphatic carbocycles. The van der Waals surface area contributed by atoms with Gasteiger partial charge in [-0.2, -0.15) is 0 Å². The predicted molar refractivity (Wildman–Crippen MR) is 51.4 cm³/mol. The van der Waals surface area contributed by atoms with Crippen molar-refractivity contribution >= 4 is 5.97 Å². The molecule has 15 heavy (non-hydrogen) atoms. The Bertz CT molecular complexity index is 488. The van der Waals surface area contributed by atoms with Gasteiger partial charge in [-0.25, -0.2) is 4.79 Å². The van der Waals surface area contributed by atoms with Crippen LogP contribution in [0.4, 0.5) is 0 Å². The summed E-state index contributed by atoms with van der Waals surface area (Å²) in [6.07, 6.45) is 1.68. The first-order chi connectivity index (χ1) is 7.16. The van der Waals surface area contributed by atoms with Crippen LogP contribution in [0.3, 0.4) is 0 Å². The van der Waals surface area contributed by atoms with Gasteiger partial charge in [-0.05, 0) is 18.6 Å². The fourth-order valence-electron chi connectivity index (χ4n) is 1.11. The largest absolute Gasteiger partial charge is 0.476 e. The van der Waals surface area contributed by atoms with Crippen LogP contribution in [0, 0.1) is 6.92 Å². The van der Waals surface area contributed by atoms with Gasteiger partial charge in [-0.3, -0.25) is 4.98 Å². The summed E-state index contributed by atoms with van der Waals surface area (Å²) in [5.74, 6) is -0.760. The fourth-order valence-corrected chi connectivity index (χ4v) is 1.11. The van der Waals surface area contributed by atoms with E-state index < -0.39 is 5.97 Å². The average molecular weight is 204 g/mol. The number of nitrogens with zero attached hydrogens (tertiary/aromatic N) is 2. The van der Waals surface area contributed by atoms with Crippen LogP contribution in [0.25, 0.3) is 11.5 Å². The van der Waals surface area contributed by atoms with E-state index in [1.807, 2.05) is 13.0 Å². The Kier molecular flexibility index (Phi) is 2.21. The lowest BCUT2D eigenvalue weighted by Crippen LogP contribution is -1.94. The minimum atomic E-state index is -1.11. The average Bonchev–Trinajstić information content (AvgIpc) is 2.68. The molecule has 2 aromatic rings. The van der Waals surface area contributed by atoms with Gasteiger partial charge in [0.2, 0.25) is 0 Å². The van der Waals surface area contributed by atoms with E-state index in [0.29, 0.717) is 11.5 Å². The van der Waals surface area contributed by atoms with Crippen molar-refractivity contribution in [3.63, 3.8) is 0 Å². The lowest BCUT2D eigenvalue weighted by atomic mass is 10.2. The van der Waals surface area contributed by atoms with Crippen LogP contribution < -0.4 is 0 Å². The second-order valence-corrected chi connectivity index (χ2v) is 3.10. The summed E-state index contributed by atoms with van der Waals surface area (Å²) in [5, 5.41) is 12.0. The lowest BCUT2D eigenvalue weighted by Gasteiger charge is -1.94. The summed E-state index contributed by atoms with van der Waals surface area (Å²) in [6.45, 7) is 1.92. The smallest absolute Gasteiger partial charge is 0.358 e. The molecule has 0 spiro atoms. The number of pyridine rings is 1. The Balaban J connectivity index is 2.37. The van der Waals surface area contributed by atoms with Gasteiger partial charge in [0.1, 0.15) is 5.69 Å². The Morgan fingerprint density at radius 3 is 2.80 bits per heavy atom. The van der Waals surface area contributed by atoms with Crippen LogP contribution in [-0.2, 0) is 0 Å². The molecule has 0 aliphatic rings. The zero-order valence-corrected chi connectivity index (χ0v) is 7.97. The summed E-state index contributed by atoms with van der Waals surface area (Å²) in [5.41, 5.74) is 1.48. The Morgan fingerprint density at radius 1 is 1.47 bits per heavy atom. The summed E-state index contributed by atoms with van der Waals surface area (Å²) in [7, 11) is 0. The number of hydrogen-bond donors (Lipinski definition) is 1. The van der Waals surface area contributed by atoms with Crippen LogP contribution in [0.5, 0.6) is 0 Å². The molecular formula is C10H8N2O3. The van der Waals surface area contributed by atoms with Crippen LogP contribution >= 0.6 is 0 Å². The highest BCUT2D eigenvalue weighted by Crippen LogP contribution is 2.17. The summed E-state index contributed by atoms with van der Waals surface area (Å²) < 4.78 is 4.86. The Labute approximate surface area is 85.4 Å². The van der Waals surface area contributed by atoms with Crippen molar-refractivity contribution in [1.82, 2.24) is 10.1 Å². The minimum absolute atomic E-state index is 0.118. The second-order valence-electron chi connectivity index (χ2n) is 3.10. The van der Waals surface area contributed by atoms with E-state index in [-0.39, 0.29) is 5.69 Å². The van der Waals surface area contributed by atoms with Crippen molar-refractivity contribution in [3.05, 3.63) is 35.7 Å². The predicted octanol–water partition coefficient (Wildman–Crippen LogP) is 1.74. The number of hydrogen-bond acceptors (Lipinski definition) is 4. The molecule has 0 atom stereocenters. The van der Waals surface area contributed by atoms with Crippen molar-refractivity contribution in [1.29, 1.82) is 0 Å². The molecule has 5 heteroatoms. The molecule has 0 aliphatic heterocycles. The van der Waals surface area contributed by atoms with Gasteiger partial charge < -0.3 is 9.63 Å². The van der Waals surface area contributed by atoms with Crippen LogP contribution in [0.2, 0.25) is 0 Å². The zero-order valence-electron chi connectivity index (χ0n) is 7.97. The van der Waals surface area contributed by atoms with E-state index in [1.54, 1.807) is 12.3 Å². The van der Waals surface area contributed by atoms with Crippen molar-refractivity contribution in [2.45, 2.75) is 6.92 Å². The van der Waals surface area contributed by atoms with E-state index in [4.69, 9.17) is 9.63 Å². The van der Waals surface area contributed by atoms with E-state index >= 15 is 0 Å². The van der Waals surface area contributed by atoms with Gasteiger partial charge in [-0.1, -0.05) is 11.2 Å². The highest BCUT2D eigenvalue weighted by Gasteiger charge is 2.12. The molecule has 0 bridgehead atoms. The molecule has 76 valence electrons. The van der Waals surface area contributed by atoms with Gasteiger partial charge in [-0.15, -0.1) is 0 Å². The highest BCUT2D eigenvalue weighted by molar-refractivity contribution is 5.86. The molecule has 0 amide bonds. The molecular weight excluding hydrogens is 196 g/mol. The van der Waals surface area contributed by atoms with Gasteiger partial charge in [0.25, 0.3) is 0 Å². The molecule has 0 saturated heterocycles. The number of rotatable bonds is 2. The number of aromatic carboxylic acids is 1. The molecule has 2 aromatic heterocycles. The number of aryl methyl sites for hydroxylation is 1. The molecule has 0 saturated carbocycles. The van der Waals surface area contributed by atoms with Crippen molar-refractivity contribution in [3.8, 4) is 11.5 Å². The molecule has 0 radical (unpaired) electrons. The molecule has 0 unspecified atom stereocenters. The Morgan fingerprint density at radius 2 is 2.27 bits per heavy atom. The molecule has 2 heterocycles. The maximum Gasteiger partial charge on any atom is 0.358 e. The second kappa shape index (κ2) is 3.53. The van der Waals surface area contributed by atoms with Gasteiger partial charge in [0.15, 0.2) is 11.5 Å². The normalized spacial score (nSPS) is 10.2. The molecule has 0 fully saturated rings. The van der Waals surface area contributed by atoms with Crippen LogP contribution in [0.15, 0.2) is 28.9 Å². The molecule has 5 nitrogen and oxygen atoms in total. The third kappa shape index (κ3) is 1.85. The third-order valence-electron chi connectivity index (χ3n) is 1.89. The Hall–Kier alpha value is -2.17. The van der Waals surface area contributed by atoms with E-state index in [2.05, 4.69) is 10.1 Å². The first-order valence-corrected chi connectivity index (χ1v) is 4.30. The zero-order chi connectivity index (χ0) is 10.8. The first kappa shape index (κ1) is 9.39. The van der Waals surface area contributed by atoms with Gasteiger partial charge in [0, 0.05) is 12.3 Å². The number of carbonyl (C=O) groups is 1. The standard InChI is InChI=1S/C10H8N2O3/c1-6-2-3-7(11-5-6)9-4-8(10(13)14)12-15-9/h2-5H,1H3,(H,13,14). The highest BCUT2D eigenvalue weighted by atomic mass is 16.5. The summed E-state index contributed by atoms with van der Waals surface area (Å²) >= 11 is 0. The number of aromatic nitrogens is 2. The quantitative estimate of drug-likeness (QED) is 0.806.